The Kier molecular flexibility index (Phi) is 6.21. The molecule has 1 aliphatic heterocycles. The Morgan fingerprint density at radius 2 is 1.94 bits per heavy atom. The second-order valence-corrected chi connectivity index (χ2v) is 9.06. The van der Waals surface area contributed by atoms with Gasteiger partial charge in [-0.05, 0) is 24.3 Å². The van der Waals surface area contributed by atoms with Gasteiger partial charge in [-0.3, -0.25) is 9.59 Å². The molecule has 2 heterocycles. The van der Waals surface area contributed by atoms with Crippen LogP contribution in [0, 0.1) is 0 Å². The van der Waals surface area contributed by atoms with Crippen LogP contribution in [0.4, 0.5) is 5.69 Å². The number of ether oxygens (including phenoxy) is 2. The van der Waals surface area contributed by atoms with Gasteiger partial charge in [-0.1, -0.05) is 18.2 Å². The molecule has 0 aliphatic carbocycles. The van der Waals surface area contributed by atoms with Crippen LogP contribution in [0.2, 0.25) is 0 Å². The van der Waals surface area contributed by atoms with Crippen molar-refractivity contribution in [1.29, 1.82) is 0 Å². The standard InChI is InChI=1S/C21H22N4O6S/c1-30-19-7-6-16(32(28,29)24-8-10-31-11-9-24)12-18(19)23-20(26)14-25-21(27)17-5-3-2-4-15(17)13-22-25/h2-7,12-13H,8-11,14H2,1H3,(H,23,26). The van der Waals surface area contributed by atoms with Gasteiger partial charge in [0, 0.05) is 18.5 Å². The molecule has 2 aromatic carbocycles. The summed E-state index contributed by atoms with van der Waals surface area (Å²) in [5.41, 5.74) is -0.213. The van der Waals surface area contributed by atoms with Gasteiger partial charge in [0.05, 0.1) is 42.5 Å². The van der Waals surface area contributed by atoms with Gasteiger partial charge in [0.15, 0.2) is 0 Å². The molecule has 0 radical (unpaired) electrons. The Bertz CT molecular complexity index is 1320. The number of carbonyl (C=O) groups is 1. The molecule has 3 aromatic rings. The fourth-order valence-corrected chi connectivity index (χ4v) is 4.88. The number of fused-ring (bicyclic) bond motifs is 1. The topological polar surface area (TPSA) is 120 Å². The number of anilines is 1. The number of nitrogens with one attached hydrogen (secondary N) is 1. The third-order valence-corrected chi connectivity index (χ3v) is 7.00. The van der Waals surface area contributed by atoms with E-state index >= 15 is 0 Å². The van der Waals surface area contributed by atoms with Crippen LogP contribution in [0.1, 0.15) is 0 Å². The van der Waals surface area contributed by atoms with Gasteiger partial charge >= 0.3 is 0 Å². The SMILES string of the molecule is COc1ccc(S(=O)(=O)N2CCOCC2)cc1NC(=O)Cn1ncc2ccccc2c1=O. The monoisotopic (exact) mass is 458 g/mol. The minimum absolute atomic E-state index is 0.0245. The number of hydrogen-bond donors (Lipinski definition) is 1. The lowest BCUT2D eigenvalue weighted by atomic mass is 10.2. The first kappa shape index (κ1) is 21.9. The molecule has 1 fully saturated rings. The molecule has 1 amide bonds. The number of rotatable bonds is 6. The summed E-state index contributed by atoms with van der Waals surface area (Å²) in [6.45, 7) is 0.825. The molecule has 1 saturated heterocycles. The highest BCUT2D eigenvalue weighted by Gasteiger charge is 2.27. The molecular formula is C21H22N4O6S. The second-order valence-electron chi connectivity index (χ2n) is 7.12. The summed E-state index contributed by atoms with van der Waals surface area (Å²) < 4.78 is 38.8. The maximum absolute atomic E-state index is 12.9. The van der Waals surface area contributed by atoms with E-state index in [-0.39, 0.29) is 36.0 Å². The molecule has 0 unspecified atom stereocenters. The first-order chi connectivity index (χ1) is 15.4. The summed E-state index contributed by atoms with van der Waals surface area (Å²) in [5, 5.41) is 7.80. The lowest BCUT2D eigenvalue weighted by Gasteiger charge is -2.26. The number of hydrogen-bond acceptors (Lipinski definition) is 7. The van der Waals surface area contributed by atoms with E-state index in [0.29, 0.717) is 24.0 Å². The van der Waals surface area contributed by atoms with Gasteiger partial charge < -0.3 is 14.8 Å². The lowest BCUT2D eigenvalue weighted by Crippen LogP contribution is -2.40. The van der Waals surface area contributed by atoms with Crippen molar-refractivity contribution in [2.45, 2.75) is 11.4 Å². The van der Waals surface area contributed by atoms with E-state index in [9.17, 15) is 18.0 Å². The summed E-state index contributed by atoms with van der Waals surface area (Å²) in [4.78, 5) is 25.3. The highest BCUT2D eigenvalue weighted by molar-refractivity contribution is 7.89. The minimum Gasteiger partial charge on any atom is -0.495 e. The van der Waals surface area contributed by atoms with Gasteiger partial charge in [0.2, 0.25) is 15.9 Å². The number of benzene rings is 2. The van der Waals surface area contributed by atoms with Gasteiger partial charge in [-0.15, -0.1) is 0 Å². The first-order valence-electron chi connectivity index (χ1n) is 9.91. The summed E-state index contributed by atoms with van der Waals surface area (Å²) in [5.74, 6) is -0.257. The molecule has 1 aliphatic rings. The molecule has 10 nitrogen and oxygen atoms in total. The van der Waals surface area contributed by atoms with Gasteiger partial charge in [-0.2, -0.15) is 9.40 Å². The average molecular weight is 458 g/mol. The molecule has 168 valence electrons. The van der Waals surface area contributed by atoms with E-state index in [1.807, 2.05) is 0 Å². The van der Waals surface area contributed by atoms with E-state index in [1.54, 1.807) is 24.3 Å². The predicted molar refractivity (Wildman–Crippen MR) is 117 cm³/mol. The van der Waals surface area contributed by atoms with Gasteiger partial charge in [-0.25, -0.2) is 13.1 Å². The van der Waals surface area contributed by atoms with Gasteiger partial charge in [0.25, 0.3) is 5.56 Å². The maximum atomic E-state index is 12.9. The zero-order chi connectivity index (χ0) is 22.7. The zero-order valence-corrected chi connectivity index (χ0v) is 18.2. The van der Waals surface area contributed by atoms with Crippen molar-refractivity contribution in [3.8, 4) is 5.75 Å². The van der Waals surface area contributed by atoms with Crippen molar-refractivity contribution in [2.24, 2.45) is 0 Å². The smallest absolute Gasteiger partial charge is 0.275 e. The summed E-state index contributed by atoms with van der Waals surface area (Å²) >= 11 is 0. The third-order valence-electron chi connectivity index (χ3n) is 5.11. The number of methoxy groups -OCH3 is 1. The Morgan fingerprint density at radius 1 is 1.19 bits per heavy atom. The molecule has 11 heteroatoms. The number of amides is 1. The van der Waals surface area contributed by atoms with Crippen molar-refractivity contribution in [1.82, 2.24) is 14.1 Å². The fourth-order valence-electron chi connectivity index (χ4n) is 3.45. The molecule has 0 bridgehead atoms. The van der Waals surface area contributed by atoms with E-state index in [1.165, 1.54) is 35.8 Å². The first-order valence-corrected chi connectivity index (χ1v) is 11.3. The number of aromatic nitrogens is 2. The number of sulfonamides is 1. The maximum Gasteiger partial charge on any atom is 0.275 e. The highest BCUT2D eigenvalue weighted by Crippen LogP contribution is 2.29. The molecule has 1 aromatic heterocycles. The summed E-state index contributed by atoms with van der Waals surface area (Å²) in [6, 6.07) is 11.2. The van der Waals surface area contributed by atoms with E-state index < -0.39 is 21.5 Å². The Labute approximate surface area is 184 Å². The summed E-state index contributed by atoms with van der Waals surface area (Å²) in [7, 11) is -2.34. The molecule has 0 atom stereocenters. The van der Waals surface area contributed by atoms with E-state index in [2.05, 4.69) is 10.4 Å². The largest absolute Gasteiger partial charge is 0.495 e. The Hall–Kier alpha value is -3.28. The van der Waals surface area contributed by atoms with Crippen LogP contribution >= 0.6 is 0 Å². The molecule has 0 saturated carbocycles. The van der Waals surface area contributed by atoms with E-state index in [0.717, 1.165) is 4.68 Å². The molecular weight excluding hydrogens is 436 g/mol. The van der Waals surface area contributed by atoms with Crippen LogP contribution < -0.4 is 15.6 Å². The average Bonchev–Trinajstić information content (AvgIpc) is 2.81. The molecule has 4 rings (SSSR count). The van der Waals surface area contributed by atoms with Crippen LogP contribution in [0.15, 0.2) is 58.4 Å². The normalized spacial score (nSPS) is 14.9. The zero-order valence-electron chi connectivity index (χ0n) is 17.4. The fraction of sp³-hybridized carbons (Fsp3) is 0.286. The van der Waals surface area contributed by atoms with Crippen molar-refractivity contribution in [3.63, 3.8) is 0 Å². The second kappa shape index (κ2) is 9.07. The van der Waals surface area contributed by atoms with Crippen molar-refractivity contribution < 1.29 is 22.7 Å². The van der Waals surface area contributed by atoms with Crippen LogP contribution in [0.3, 0.4) is 0 Å². The Balaban J connectivity index is 1.58. The minimum atomic E-state index is -3.76. The van der Waals surface area contributed by atoms with Crippen molar-refractivity contribution in [2.75, 3.05) is 38.7 Å². The van der Waals surface area contributed by atoms with Crippen LogP contribution in [0.5, 0.6) is 5.75 Å². The molecule has 32 heavy (non-hydrogen) atoms. The number of carbonyl (C=O) groups excluding carboxylic acids is 1. The lowest BCUT2D eigenvalue weighted by molar-refractivity contribution is -0.117. The van der Waals surface area contributed by atoms with Crippen LogP contribution in [0.25, 0.3) is 10.8 Å². The highest BCUT2D eigenvalue weighted by atomic mass is 32.2. The van der Waals surface area contributed by atoms with Crippen LogP contribution in [-0.4, -0.2) is 61.8 Å². The van der Waals surface area contributed by atoms with Crippen LogP contribution in [-0.2, 0) is 26.1 Å². The third kappa shape index (κ3) is 4.35. The Morgan fingerprint density at radius 3 is 2.69 bits per heavy atom. The quantitative estimate of drug-likeness (QED) is 0.587. The molecule has 1 N–H and O–H groups in total. The van der Waals surface area contributed by atoms with Crippen molar-refractivity contribution in [3.05, 3.63) is 59.0 Å². The predicted octanol–water partition coefficient (Wildman–Crippen LogP) is 1.06. The van der Waals surface area contributed by atoms with Gasteiger partial charge in [0.1, 0.15) is 12.3 Å². The summed E-state index contributed by atoms with van der Waals surface area (Å²) in [6.07, 6.45) is 1.51. The number of morpholine rings is 1. The van der Waals surface area contributed by atoms with E-state index in [4.69, 9.17) is 9.47 Å². The number of nitrogens with zero attached hydrogens (tertiary/aromatic N) is 3. The molecule has 0 spiro atoms. The van der Waals surface area contributed by atoms with Crippen molar-refractivity contribution >= 4 is 32.4 Å².